The van der Waals surface area contributed by atoms with Gasteiger partial charge in [0.2, 0.25) is 0 Å². The highest BCUT2D eigenvalue weighted by atomic mass is 16.4. The Morgan fingerprint density at radius 3 is 2.42 bits per heavy atom. The molecule has 1 aromatic heterocycles. The van der Waals surface area contributed by atoms with Crippen molar-refractivity contribution in [3.05, 3.63) is 71.5 Å². The first kappa shape index (κ1) is 12.0. The van der Waals surface area contributed by atoms with Crippen LogP contribution >= 0.6 is 0 Å². The van der Waals surface area contributed by atoms with E-state index in [1.54, 1.807) is 6.92 Å². The molecule has 1 N–H and O–H groups in total. The summed E-state index contributed by atoms with van der Waals surface area (Å²) in [6.07, 6.45) is 0. The van der Waals surface area contributed by atoms with Crippen LogP contribution in [0.15, 0.2) is 59.0 Å². The molecule has 0 fully saturated rings. The Bertz CT molecular complexity index is 708. The summed E-state index contributed by atoms with van der Waals surface area (Å²) in [5, 5.41) is 11.8. The van der Waals surface area contributed by atoms with Crippen LogP contribution in [-0.2, 0) is 5.60 Å². The summed E-state index contributed by atoms with van der Waals surface area (Å²) >= 11 is 0. The number of hydrogen-bond acceptors (Lipinski definition) is 2. The first-order valence-electron chi connectivity index (χ1n) is 6.36. The average Bonchev–Trinajstić information content (AvgIpc) is 2.86. The molecule has 1 atom stereocenters. The lowest BCUT2D eigenvalue weighted by atomic mass is 9.93. The van der Waals surface area contributed by atoms with Crippen molar-refractivity contribution in [1.29, 1.82) is 0 Å². The number of hydrogen-bond donors (Lipinski definition) is 1. The highest BCUT2D eigenvalue weighted by molar-refractivity contribution is 5.81. The van der Waals surface area contributed by atoms with Gasteiger partial charge < -0.3 is 9.52 Å². The number of fused-ring (bicyclic) bond motifs is 1. The molecule has 0 saturated heterocycles. The molecular formula is C17H16O2. The fourth-order valence-electron chi connectivity index (χ4n) is 2.35. The van der Waals surface area contributed by atoms with Crippen molar-refractivity contribution in [2.45, 2.75) is 19.4 Å². The molecule has 0 aliphatic heterocycles. The molecule has 2 nitrogen and oxygen atoms in total. The van der Waals surface area contributed by atoms with Gasteiger partial charge in [0, 0.05) is 5.39 Å². The molecule has 0 amide bonds. The molecule has 0 radical (unpaired) electrons. The highest BCUT2D eigenvalue weighted by Gasteiger charge is 2.29. The Hall–Kier alpha value is -2.06. The Balaban J connectivity index is 2.16. The van der Waals surface area contributed by atoms with Crippen LogP contribution in [0, 0.1) is 6.92 Å². The van der Waals surface area contributed by atoms with Gasteiger partial charge in [-0.15, -0.1) is 0 Å². The molecule has 96 valence electrons. The minimum atomic E-state index is -1.12. The fraction of sp³-hybridized carbons (Fsp3) is 0.176. The van der Waals surface area contributed by atoms with Gasteiger partial charge in [0.1, 0.15) is 16.9 Å². The Morgan fingerprint density at radius 1 is 1.00 bits per heavy atom. The molecular weight excluding hydrogens is 236 g/mol. The molecule has 0 saturated carbocycles. The zero-order chi connectivity index (χ0) is 13.5. The second kappa shape index (κ2) is 4.25. The van der Waals surface area contributed by atoms with Crippen LogP contribution in [0.3, 0.4) is 0 Å². The smallest absolute Gasteiger partial charge is 0.144 e. The van der Waals surface area contributed by atoms with Gasteiger partial charge in [-0.2, -0.15) is 0 Å². The number of furan rings is 1. The molecule has 1 heterocycles. The van der Waals surface area contributed by atoms with Gasteiger partial charge in [0.15, 0.2) is 0 Å². The topological polar surface area (TPSA) is 33.4 Å². The van der Waals surface area contributed by atoms with Gasteiger partial charge in [0.25, 0.3) is 0 Å². The summed E-state index contributed by atoms with van der Waals surface area (Å²) in [5.74, 6) is 0.572. The van der Waals surface area contributed by atoms with E-state index in [0.717, 1.165) is 22.1 Å². The zero-order valence-electron chi connectivity index (χ0n) is 11.1. The second-order valence-electron chi connectivity index (χ2n) is 5.04. The minimum absolute atomic E-state index is 0.572. The molecule has 1 unspecified atom stereocenters. The number of para-hydroxylation sites is 1. The van der Waals surface area contributed by atoms with Crippen LogP contribution in [0.2, 0.25) is 0 Å². The van der Waals surface area contributed by atoms with E-state index in [2.05, 4.69) is 0 Å². The van der Waals surface area contributed by atoms with Crippen LogP contribution in [-0.4, -0.2) is 5.11 Å². The standard InChI is InChI=1S/C17H16O2/c1-12-7-6-8-13-11-15(19-16(12)13)17(2,18)14-9-4-3-5-10-14/h3-11,18H,1-2H3. The molecule has 2 aromatic carbocycles. The maximum absolute atomic E-state index is 10.8. The summed E-state index contributed by atoms with van der Waals surface area (Å²) in [7, 11) is 0. The van der Waals surface area contributed by atoms with Crippen LogP contribution in [0.5, 0.6) is 0 Å². The van der Waals surface area contributed by atoms with Crippen molar-refractivity contribution in [3.8, 4) is 0 Å². The number of rotatable bonds is 2. The Labute approximate surface area is 112 Å². The van der Waals surface area contributed by atoms with Crippen LogP contribution < -0.4 is 0 Å². The average molecular weight is 252 g/mol. The number of aryl methyl sites for hydroxylation is 1. The summed E-state index contributed by atoms with van der Waals surface area (Å²) < 4.78 is 5.87. The van der Waals surface area contributed by atoms with E-state index in [4.69, 9.17) is 4.42 Å². The highest BCUT2D eigenvalue weighted by Crippen LogP contribution is 2.34. The summed E-state index contributed by atoms with van der Waals surface area (Å²) in [5.41, 5.74) is 1.63. The normalized spacial score (nSPS) is 14.5. The van der Waals surface area contributed by atoms with Gasteiger partial charge in [-0.1, -0.05) is 48.5 Å². The minimum Gasteiger partial charge on any atom is -0.457 e. The second-order valence-corrected chi connectivity index (χ2v) is 5.04. The maximum atomic E-state index is 10.8. The van der Waals surface area contributed by atoms with E-state index in [9.17, 15) is 5.11 Å². The summed E-state index contributed by atoms with van der Waals surface area (Å²) in [4.78, 5) is 0. The monoisotopic (exact) mass is 252 g/mol. The van der Waals surface area contributed by atoms with Crippen molar-refractivity contribution in [2.24, 2.45) is 0 Å². The van der Waals surface area contributed by atoms with Crippen LogP contribution in [0.4, 0.5) is 0 Å². The largest absolute Gasteiger partial charge is 0.457 e. The first-order valence-corrected chi connectivity index (χ1v) is 6.36. The molecule has 0 aliphatic rings. The molecule has 3 aromatic rings. The van der Waals surface area contributed by atoms with Gasteiger partial charge in [-0.05, 0) is 31.0 Å². The van der Waals surface area contributed by atoms with E-state index in [0.29, 0.717) is 5.76 Å². The molecule has 0 bridgehead atoms. The van der Waals surface area contributed by atoms with Crippen molar-refractivity contribution in [3.63, 3.8) is 0 Å². The predicted octanol–water partition coefficient (Wildman–Crippen LogP) is 4.00. The molecule has 2 heteroatoms. The third kappa shape index (κ3) is 1.94. The zero-order valence-corrected chi connectivity index (χ0v) is 11.1. The Kier molecular flexibility index (Phi) is 2.68. The molecule has 0 aliphatic carbocycles. The quantitative estimate of drug-likeness (QED) is 0.748. The van der Waals surface area contributed by atoms with E-state index < -0.39 is 5.60 Å². The van der Waals surface area contributed by atoms with Crippen molar-refractivity contribution < 1.29 is 9.52 Å². The van der Waals surface area contributed by atoms with Gasteiger partial charge >= 0.3 is 0 Å². The lowest BCUT2D eigenvalue weighted by Crippen LogP contribution is -2.21. The Morgan fingerprint density at radius 2 is 1.74 bits per heavy atom. The SMILES string of the molecule is Cc1cccc2cc(C(C)(O)c3ccccc3)oc12. The van der Waals surface area contributed by atoms with E-state index >= 15 is 0 Å². The maximum Gasteiger partial charge on any atom is 0.144 e. The van der Waals surface area contributed by atoms with Crippen molar-refractivity contribution in [2.75, 3.05) is 0 Å². The van der Waals surface area contributed by atoms with Gasteiger partial charge in [0.05, 0.1) is 0 Å². The molecule has 3 rings (SSSR count). The van der Waals surface area contributed by atoms with Crippen molar-refractivity contribution >= 4 is 11.0 Å². The first-order chi connectivity index (χ1) is 9.09. The van der Waals surface area contributed by atoms with Gasteiger partial charge in [-0.3, -0.25) is 0 Å². The predicted molar refractivity (Wildman–Crippen MR) is 76.1 cm³/mol. The van der Waals surface area contributed by atoms with E-state index in [-0.39, 0.29) is 0 Å². The van der Waals surface area contributed by atoms with E-state index in [1.807, 2.05) is 61.5 Å². The summed E-state index contributed by atoms with van der Waals surface area (Å²) in [6, 6.07) is 17.5. The third-order valence-corrected chi connectivity index (χ3v) is 3.56. The summed E-state index contributed by atoms with van der Waals surface area (Å²) in [6.45, 7) is 3.77. The third-order valence-electron chi connectivity index (χ3n) is 3.56. The van der Waals surface area contributed by atoms with Crippen molar-refractivity contribution in [1.82, 2.24) is 0 Å². The number of aliphatic hydroxyl groups is 1. The van der Waals surface area contributed by atoms with Crippen LogP contribution in [0.1, 0.15) is 23.8 Å². The van der Waals surface area contributed by atoms with Crippen LogP contribution in [0.25, 0.3) is 11.0 Å². The van der Waals surface area contributed by atoms with Gasteiger partial charge in [-0.25, -0.2) is 0 Å². The lowest BCUT2D eigenvalue weighted by Gasteiger charge is -2.21. The van der Waals surface area contributed by atoms with E-state index in [1.165, 1.54) is 0 Å². The fourth-order valence-corrected chi connectivity index (χ4v) is 2.35. The molecule has 0 spiro atoms. The lowest BCUT2D eigenvalue weighted by molar-refractivity contribution is 0.0786. The molecule has 19 heavy (non-hydrogen) atoms. The number of benzene rings is 2.